The lowest BCUT2D eigenvalue weighted by Crippen LogP contribution is -2.57. The molecule has 1 saturated heterocycles. The van der Waals surface area contributed by atoms with Crippen LogP contribution in [0.4, 0.5) is 13.6 Å². The normalized spacial score (nSPS) is 22.5. The number of carbonyl (C=O) groups is 1. The molecule has 0 N–H and O–H groups in total. The van der Waals surface area contributed by atoms with Crippen LogP contribution in [0, 0.1) is 23.0 Å². The minimum atomic E-state index is -1.05. The summed E-state index contributed by atoms with van der Waals surface area (Å²) >= 11 is 0. The molecule has 138 valence electrons. The third-order valence-electron chi connectivity index (χ3n) is 4.33. The molecule has 1 aromatic rings. The summed E-state index contributed by atoms with van der Waals surface area (Å²) in [6.45, 7) is 5.98. The monoisotopic (exact) mass is 362 g/mol. The Morgan fingerprint density at radius 3 is 2.62 bits per heavy atom. The quantitative estimate of drug-likeness (QED) is 0.765. The van der Waals surface area contributed by atoms with Gasteiger partial charge >= 0.3 is 6.09 Å². The predicted molar refractivity (Wildman–Crippen MR) is 90.1 cm³/mol. The van der Waals surface area contributed by atoms with Crippen molar-refractivity contribution < 1.29 is 23.0 Å². The summed E-state index contributed by atoms with van der Waals surface area (Å²) < 4.78 is 38.2. The van der Waals surface area contributed by atoms with E-state index in [1.807, 2.05) is 6.07 Å². The summed E-state index contributed by atoms with van der Waals surface area (Å²) in [5.41, 5.74) is 0.509. The molecule has 2 aliphatic heterocycles. The number of carbonyl (C=O) groups excluding carboxylic acids is 1. The first-order valence-corrected chi connectivity index (χ1v) is 8.39. The largest absolute Gasteiger partial charge is 0.444 e. The van der Waals surface area contributed by atoms with Gasteiger partial charge in [-0.2, -0.15) is 5.26 Å². The molecule has 26 heavy (non-hydrogen) atoms. The number of hydrogen-bond donors (Lipinski definition) is 0. The molecule has 0 aromatic heterocycles. The number of hydrogen-bond acceptors (Lipinski definition) is 4. The Labute approximate surface area is 150 Å². The van der Waals surface area contributed by atoms with E-state index in [1.54, 1.807) is 31.7 Å². The van der Waals surface area contributed by atoms with Gasteiger partial charge in [0.25, 0.3) is 0 Å². The van der Waals surface area contributed by atoms with Crippen molar-refractivity contribution in [3.63, 3.8) is 0 Å². The molecule has 2 bridgehead atoms. The van der Waals surface area contributed by atoms with Crippen molar-refractivity contribution in [2.75, 3.05) is 13.2 Å². The van der Waals surface area contributed by atoms with Crippen LogP contribution < -0.4 is 0 Å². The van der Waals surface area contributed by atoms with Crippen molar-refractivity contribution in [3.05, 3.63) is 41.0 Å². The van der Waals surface area contributed by atoms with Crippen molar-refractivity contribution in [3.8, 4) is 6.07 Å². The molecule has 1 amide bonds. The highest BCUT2D eigenvalue weighted by Crippen LogP contribution is 2.35. The van der Waals surface area contributed by atoms with Crippen molar-refractivity contribution in [2.24, 2.45) is 0 Å². The number of fused-ring (bicyclic) bond motifs is 2. The maximum atomic E-state index is 13.7. The van der Waals surface area contributed by atoms with E-state index < -0.39 is 23.3 Å². The van der Waals surface area contributed by atoms with Crippen LogP contribution in [0.3, 0.4) is 0 Å². The minimum Gasteiger partial charge on any atom is -0.444 e. The van der Waals surface area contributed by atoms with E-state index >= 15 is 0 Å². The molecule has 7 heteroatoms. The highest BCUT2D eigenvalue weighted by Gasteiger charge is 2.40. The molecule has 2 atom stereocenters. The van der Waals surface area contributed by atoms with Gasteiger partial charge in [-0.05, 0) is 50.5 Å². The van der Waals surface area contributed by atoms with E-state index in [0.717, 1.165) is 12.1 Å². The number of amides is 1. The Morgan fingerprint density at radius 1 is 1.31 bits per heavy atom. The molecule has 0 aliphatic carbocycles. The second-order valence-electron chi connectivity index (χ2n) is 7.47. The molecule has 1 fully saturated rings. The van der Waals surface area contributed by atoms with Crippen molar-refractivity contribution in [2.45, 2.75) is 44.9 Å². The topological polar surface area (TPSA) is 62.6 Å². The number of nitrogens with zero attached hydrogens (tertiary/aromatic N) is 2. The summed E-state index contributed by atoms with van der Waals surface area (Å²) in [5, 5.41) is 9.26. The Hall–Kier alpha value is -2.46. The second-order valence-corrected chi connectivity index (χ2v) is 7.47. The molecule has 0 radical (unpaired) electrons. The third-order valence-corrected chi connectivity index (χ3v) is 4.33. The summed E-state index contributed by atoms with van der Waals surface area (Å²) in [6, 6.07) is 3.18. The standard InChI is InChI=1S/C19H20F2N2O3/c1-19(2,3)26-18(24)23-13-4-11(5-14(23)10-25-9-13)15-7-17(21)16(20)6-12(15)8-22/h4,6-7,13-14H,5,9-10H2,1-3H3. The van der Waals surface area contributed by atoms with Gasteiger partial charge < -0.3 is 9.47 Å². The van der Waals surface area contributed by atoms with Crippen molar-refractivity contribution in [1.29, 1.82) is 5.26 Å². The zero-order valence-corrected chi connectivity index (χ0v) is 14.9. The Balaban J connectivity index is 1.96. The molecule has 0 saturated carbocycles. The van der Waals surface area contributed by atoms with Crippen LogP contribution in [0.2, 0.25) is 0 Å². The first-order valence-electron chi connectivity index (χ1n) is 8.39. The lowest BCUT2D eigenvalue weighted by Gasteiger charge is -2.44. The second kappa shape index (κ2) is 6.69. The molecular formula is C19H20F2N2O3. The van der Waals surface area contributed by atoms with Crippen LogP contribution >= 0.6 is 0 Å². The van der Waals surface area contributed by atoms with E-state index in [2.05, 4.69) is 0 Å². The SMILES string of the molecule is CC(C)(C)OC(=O)N1C2C=C(c3cc(F)c(F)cc3C#N)CC1COC2. The number of benzene rings is 1. The highest BCUT2D eigenvalue weighted by molar-refractivity contribution is 5.76. The van der Waals surface area contributed by atoms with E-state index in [1.165, 1.54) is 0 Å². The number of morpholine rings is 1. The molecule has 2 unspecified atom stereocenters. The Kier molecular flexibility index (Phi) is 4.72. The molecule has 2 heterocycles. The van der Waals surface area contributed by atoms with Crippen LogP contribution in [-0.2, 0) is 9.47 Å². The van der Waals surface area contributed by atoms with E-state index in [0.29, 0.717) is 24.2 Å². The molecule has 2 aliphatic rings. The molecular weight excluding hydrogens is 342 g/mol. The fourth-order valence-electron chi connectivity index (χ4n) is 3.30. The van der Waals surface area contributed by atoms with E-state index in [4.69, 9.17) is 9.47 Å². The van der Waals surface area contributed by atoms with Crippen LogP contribution in [0.15, 0.2) is 18.2 Å². The number of halogens is 2. The summed E-state index contributed by atoms with van der Waals surface area (Å²) in [6.07, 6.45) is 1.71. The lowest BCUT2D eigenvalue weighted by atomic mass is 9.88. The summed E-state index contributed by atoms with van der Waals surface area (Å²) in [5.74, 6) is -2.06. The molecule has 1 aromatic carbocycles. The Bertz CT molecular complexity index is 808. The van der Waals surface area contributed by atoms with Crippen molar-refractivity contribution in [1.82, 2.24) is 4.90 Å². The number of ether oxygens (including phenoxy) is 2. The van der Waals surface area contributed by atoms with Crippen LogP contribution in [0.25, 0.3) is 5.57 Å². The average Bonchev–Trinajstić information content (AvgIpc) is 2.54. The van der Waals surface area contributed by atoms with Gasteiger partial charge in [-0.15, -0.1) is 0 Å². The maximum Gasteiger partial charge on any atom is 0.411 e. The first kappa shape index (κ1) is 18.3. The van der Waals surface area contributed by atoms with Gasteiger partial charge in [0.15, 0.2) is 11.6 Å². The predicted octanol–water partition coefficient (Wildman–Crippen LogP) is 3.63. The van der Waals surface area contributed by atoms with Gasteiger partial charge in [0.05, 0.1) is 36.9 Å². The van der Waals surface area contributed by atoms with Gasteiger partial charge in [-0.25, -0.2) is 13.6 Å². The van der Waals surface area contributed by atoms with Gasteiger partial charge in [0.1, 0.15) is 5.60 Å². The van der Waals surface area contributed by atoms with Gasteiger partial charge in [0, 0.05) is 0 Å². The van der Waals surface area contributed by atoms with Gasteiger partial charge in [-0.1, -0.05) is 6.08 Å². The maximum absolute atomic E-state index is 13.7. The average molecular weight is 362 g/mol. The summed E-state index contributed by atoms with van der Waals surface area (Å²) in [7, 11) is 0. The molecule has 5 nitrogen and oxygen atoms in total. The Morgan fingerprint density at radius 2 is 2.00 bits per heavy atom. The van der Waals surface area contributed by atoms with Crippen molar-refractivity contribution >= 4 is 11.7 Å². The van der Waals surface area contributed by atoms with E-state index in [-0.39, 0.29) is 24.3 Å². The summed E-state index contributed by atoms with van der Waals surface area (Å²) in [4.78, 5) is 14.2. The van der Waals surface area contributed by atoms with Crippen LogP contribution in [0.1, 0.15) is 38.3 Å². The van der Waals surface area contributed by atoms with Crippen LogP contribution in [-0.4, -0.2) is 41.9 Å². The van der Waals surface area contributed by atoms with E-state index in [9.17, 15) is 18.8 Å². The fourth-order valence-corrected chi connectivity index (χ4v) is 3.30. The first-order chi connectivity index (χ1) is 12.2. The van der Waals surface area contributed by atoms with Gasteiger partial charge in [0.2, 0.25) is 0 Å². The molecule has 0 spiro atoms. The lowest BCUT2D eigenvalue weighted by molar-refractivity contribution is -0.0510. The van der Waals surface area contributed by atoms with Gasteiger partial charge in [-0.3, -0.25) is 4.90 Å². The fraction of sp³-hybridized carbons (Fsp3) is 0.474. The zero-order valence-electron chi connectivity index (χ0n) is 14.9. The zero-order chi connectivity index (χ0) is 19.1. The molecule has 3 rings (SSSR count). The highest BCUT2D eigenvalue weighted by atomic mass is 19.2. The third kappa shape index (κ3) is 3.56. The van der Waals surface area contributed by atoms with Crippen LogP contribution in [0.5, 0.6) is 0 Å². The number of nitriles is 1. The minimum absolute atomic E-state index is 0.0693. The smallest absolute Gasteiger partial charge is 0.411 e. The number of rotatable bonds is 1.